The van der Waals surface area contributed by atoms with E-state index in [0.717, 1.165) is 0 Å². The molecule has 1 N–H and O–H groups in total. The molecule has 2 aromatic carbocycles. The van der Waals surface area contributed by atoms with Crippen molar-refractivity contribution in [2.24, 2.45) is 0 Å². The highest BCUT2D eigenvalue weighted by atomic mass is 79.9. The van der Waals surface area contributed by atoms with Crippen molar-refractivity contribution in [2.45, 2.75) is 0 Å². The maximum Gasteiger partial charge on any atom is 0.282 e. The van der Waals surface area contributed by atoms with E-state index in [4.69, 9.17) is 16.3 Å². The summed E-state index contributed by atoms with van der Waals surface area (Å²) in [4.78, 5) is 24.8. The van der Waals surface area contributed by atoms with E-state index in [0.29, 0.717) is 33.1 Å². The van der Waals surface area contributed by atoms with Gasteiger partial charge in [-0.2, -0.15) is 0 Å². The number of carbonyl (C=O) groups excluding carboxylic acids is 2. The molecule has 0 atom stereocenters. The number of hydrazine groups is 1. The van der Waals surface area contributed by atoms with Gasteiger partial charge in [-0.15, -0.1) is 0 Å². The third kappa shape index (κ3) is 3.66. The molecular weight excluding hydrogens is 420 g/mol. The molecule has 7 heteroatoms. The molecule has 0 unspecified atom stereocenters. The second-order valence-corrected chi connectivity index (χ2v) is 6.65. The zero-order chi connectivity index (χ0) is 18.7. The summed E-state index contributed by atoms with van der Waals surface area (Å²) in [5.74, 6) is -0.430. The Balaban J connectivity index is 1.91. The molecule has 0 saturated carbocycles. The highest BCUT2D eigenvalue weighted by Crippen LogP contribution is 2.35. The predicted molar refractivity (Wildman–Crippen MR) is 105 cm³/mol. The number of hydrogen-bond donors (Lipinski definition) is 1. The molecule has 1 aliphatic rings. The number of rotatable bonds is 5. The van der Waals surface area contributed by atoms with Crippen LogP contribution in [0.4, 0.5) is 5.69 Å². The molecule has 1 heterocycles. The van der Waals surface area contributed by atoms with E-state index in [1.807, 2.05) is 6.07 Å². The van der Waals surface area contributed by atoms with Gasteiger partial charge in [0.2, 0.25) is 0 Å². The maximum atomic E-state index is 12.6. The highest BCUT2D eigenvalue weighted by Gasteiger charge is 2.34. The molecule has 5 nitrogen and oxygen atoms in total. The molecule has 1 saturated heterocycles. The lowest BCUT2D eigenvalue weighted by molar-refractivity contribution is -0.117. The van der Waals surface area contributed by atoms with Gasteiger partial charge in [0, 0.05) is 0 Å². The number of anilines is 1. The van der Waals surface area contributed by atoms with Crippen LogP contribution in [0.25, 0.3) is 6.08 Å². The van der Waals surface area contributed by atoms with E-state index in [2.05, 4.69) is 27.9 Å². The summed E-state index contributed by atoms with van der Waals surface area (Å²) in [5, 5.41) is 1.57. The van der Waals surface area contributed by atoms with Crippen molar-refractivity contribution in [2.75, 3.05) is 11.6 Å². The van der Waals surface area contributed by atoms with Crippen molar-refractivity contribution in [3.05, 3.63) is 75.8 Å². The monoisotopic (exact) mass is 432 g/mol. The van der Waals surface area contributed by atoms with Crippen LogP contribution in [-0.4, -0.2) is 18.4 Å². The predicted octanol–water partition coefficient (Wildman–Crippen LogP) is 4.13. The number of nitrogens with zero attached hydrogens (tertiary/aromatic N) is 1. The van der Waals surface area contributed by atoms with Gasteiger partial charge in [-0.1, -0.05) is 42.5 Å². The summed E-state index contributed by atoms with van der Waals surface area (Å²) in [6.07, 6.45) is 3.10. The van der Waals surface area contributed by atoms with Crippen molar-refractivity contribution >= 4 is 51.1 Å². The number of para-hydroxylation sites is 1. The van der Waals surface area contributed by atoms with Crippen LogP contribution < -0.4 is 15.2 Å². The molecule has 1 aliphatic heterocycles. The normalized spacial score (nSPS) is 15.3. The first-order valence-corrected chi connectivity index (χ1v) is 8.83. The van der Waals surface area contributed by atoms with Gasteiger partial charge in [0.25, 0.3) is 11.8 Å². The number of amides is 2. The Morgan fingerprint density at radius 1 is 1.23 bits per heavy atom. The molecule has 0 aliphatic carbocycles. The lowest BCUT2D eigenvalue weighted by atomic mass is 10.1. The molecule has 0 radical (unpaired) electrons. The molecule has 0 bridgehead atoms. The van der Waals surface area contributed by atoms with Gasteiger partial charge in [0.05, 0.1) is 15.2 Å². The summed E-state index contributed by atoms with van der Waals surface area (Å²) in [5.41, 5.74) is 3.76. The quantitative estimate of drug-likeness (QED) is 0.438. The van der Waals surface area contributed by atoms with Crippen molar-refractivity contribution in [3.8, 4) is 5.75 Å². The van der Waals surface area contributed by atoms with Crippen LogP contribution in [0.5, 0.6) is 5.75 Å². The number of ether oxygens (including phenoxy) is 1. The van der Waals surface area contributed by atoms with E-state index in [1.54, 1.807) is 42.5 Å². The number of benzene rings is 2. The second kappa shape index (κ2) is 7.76. The molecule has 2 aromatic rings. The molecule has 0 aromatic heterocycles. The van der Waals surface area contributed by atoms with Crippen molar-refractivity contribution in [1.29, 1.82) is 0 Å². The Morgan fingerprint density at radius 3 is 2.62 bits per heavy atom. The lowest BCUT2D eigenvalue weighted by Crippen LogP contribution is -2.35. The smallest absolute Gasteiger partial charge is 0.282 e. The molecule has 2 amide bonds. The van der Waals surface area contributed by atoms with Crippen molar-refractivity contribution in [1.82, 2.24) is 5.43 Å². The molecular formula is C19H14BrClN2O3. The fraction of sp³-hybridized carbons (Fsp3) is 0.0526. The van der Waals surface area contributed by atoms with E-state index >= 15 is 0 Å². The summed E-state index contributed by atoms with van der Waals surface area (Å²) in [6, 6.07) is 12.2. The zero-order valence-electron chi connectivity index (χ0n) is 13.5. The van der Waals surface area contributed by atoms with Crippen LogP contribution in [0.2, 0.25) is 5.02 Å². The Bertz CT molecular complexity index is 889. The Kier molecular flexibility index (Phi) is 5.44. The zero-order valence-corrected chi connectivity index (χ0v) is 15.9. The molecule has 3 rings (SSSR count). The Morgan fingerprint density at radius 2 is 1.96 bits per heavy atom. The Hall–Kier alpha value is -2.57. The van der Waals surface area contributed by atoms with Gasteiger partial charge in [-0.3, -0.25) is 15.0 Å². The van der Waals surface area contributed by atoms with E-state index in [9.17, 15) is 9.59 Å². The SMILES string of the molecule is C=CCOc1c(Cl)cc(C=C2C(=O)NN(c3ccccc3)C2=O)cc1Br. The van der Waals surface area contributed by atoms with Gasteiger partial charge in [0.15, 0.2) is 5.75 Å². The first-order valence-electron chi connectivity index (χ1n) is 7.66. The minimum Gasteiger partial charge on any atom is -0.487 e. The van der Waals surface area contributed by atoms with Crippen molar-refractivity contribution in [3.63, 3.8) is 0 Å². The van der Waals surface area contributed by atoms with Gasteiger partial charge in [-0.25, -0.2) is 5.01 Å². The molecule has 1 fully saturated rings. The van der Waals surface area contributed by atoms with Crippen LogP contribution in [0, 0.1) is 0 Å². The standard InChI is InChI=1S/C19H14BrClN2O3/c1-2-8-26-17-15(20)10-12(11-16(17)21)9-14-18(24)22-23(19(14)25)13-6-4-3-5-7-13/h2-7,9-11H,1,8H2,(H,22,24). The highest BCUT2D eigenvalue weighted by molar-refractivity contribution is 9.10. The fourth-order valence-corrected chi connectivity index (χ4v) is 3.41. The first-order chi connectivity index (χ1) is 12.5. The van der Waals surface area contributed by atoms with E-state index in [-0.39, 0.29) is 5.57 Å². The third-order valence-corrected chi connectivity index (χ3v) is 4.45. The maximum absolute atomic E-state index is 12.6. The van der Waals surface area contributed by atoms with Crippen LogP contribution in [0.3, 0.4) is 0 Å². The van der Waals surface area contributed by atoms with Gasteiger partial charge in [0.1, 0.15) is 12.2 Å². The van der Waals surface area contributed by atoms with Crippen LogP contribution in [0.1, 0.15) is 5.56 Å². The Labute approximate surface area is 164 Å². The van der Waals surface area contributed by atoms with E-state index < -0.39 is 11.8 Å². The van der Waals surface area contributed by atoms with Gasteiger partial charge >= 0.3 is 0 Å². The molecule has 132 valence electrons. The summed E-state index contributed by atoms with van der Waals surface area (Å²) in [6.45, 7) is 3.90. The summed E-state index contributed by atoms with van der Waals surface area (Å²) in [7, 11) is 0. The fourth-order valence-electron chi connectivity index (χ4n) is 2.43. The second-order valence-electron chi connectivity index (χ2n) is 5.39. The molecule has 26 heavy (non-hydrogen) atoms. The van der Waals surface area contributed by atoms with Crippen LogP contribution in [-0.2, 0) is 9.59 Å². The van der Waals surface area contributed by atoms with Crippen LogP contribution >= 0.6 is 27.5 Å². The number of carbonyl (C=O) groups is 2. The largest absolute Gasteiger partial charge is 0.487 e. The van der Waals surface area contributed by atoms with Gasteiger partial charge in [-0.05, 0) is 51.8 Å². The number of hydrogen-bond acceptors (Lipinski definition) is 3. The lowest BCUT2D eigenvalue weighted by Gasteiger charge is -2.13. The number of halogens is 2. The summed E-state index contributed by atoms with van der Waals surface area (Å²) >= 11 is 9.63. The first kappa shape index (κ1) is 18.2. The average Bonchev–Trinajstić information content (AvgIpc) is 2.90. The minimum atomic E-state index is -0.474. The van der Waals surface area contributed by atoms with Crippen LogP contribution in [0.15, 0.2) is 65.2 Å². The molecule has 0 spiro atoms. The van der Waals surface area contributed by atoms with Gasteiger partial charge < -0.3 is 4.74 Å². The average molecular weight is 434 g/mol. The third-order valence-electron chi connectivity index (χ3n) is 3.58. The topological polar surface area (TPSA) is 58.6 Å². The number of nitrogens with one attached hydrogen (secondary N) is 1. The minimum absolute atomic E-state index is 0.0246. The van der Waals surface area contributed by atoms with Crippen molar-refractivity contribution < 1.29 is 14.3 Å². The van der Waals surface area contributed by atoms with E-state index in [1.165, 1.54) is 11.1 Å². The summed E-state index contributed by atoms with van der Waals surface area (Å²) < 4.78 is 6.10.